The van der Waals surface area contributed by atoms with Crippen molar-refractivity contribution in [3.8, 4) is 5.75 Å². The number of hydrogen-bond acceptors (Lipinski definition) is 5. The number of aryl methyl sites for hydroxylation is 1. The van der Waals surface area contributed by atoms with Crippen molar-refractivity contribution in [3.05, 3.63) is 106 Å². The van der Waals surface area contributed by atoms with Gasteiger partial charge in [0.05, 0.1) is 4.91 Å². The maximum absolute atomic E-state index is 13.1. The van der Waals surface area contributed by atoms with Gasteiger partial charge in [-0.25, -0.2) is 4.79 Å². The topological polar surface area (TPSA) is 66.8 Å². The lowest BCUT2D eigenvalue weighted by atomic mass is 10.1. The number of aliphatic carboxylic acids is 1. The molecule has 33 heavy (non-hydrogen) atoms. The molecule has 0 spiro atoms. The Hall–Kier alpha value is -3.42. The summed E-state index contributed by atoms with van der Waals surface area (Å²) in [4.78, 5) is 26.6. The van der Waals surface area contributed by atoms with Crippen molar-refractivity contribution in [2.75, 3.05) is 0 Å². The van der Waals surface area contributed by atoms with Gasteiger partial charge in [0.25, 0.3) is 5.91 Å². The molecule has 1 N–H and O–H groups in total. The minimum Gasteiger partial charge on any atom is -0.489 e. The van der Waals surface area contributed by atoms with E-state index < -0.39 is 17.9 Å². The molecule has 5 nitrogen and oxygen atoms in total. The van der Waals surface area contributed by atoms with Crippen LogP contribution in [0.25, 0.3) is 6.08 Å². The second kappa shape index (κ2) is 10.0. The number of carbonyl (C=O) groups excluding carboxylic acids is 1. The number of nitrogens with zero attached hydrogens (tertiary/aromatic N) is 1. The molecule has 0 aromatic heterocycles. The van der Waals surface area contributed by atoms with E-state index in [-0.39, 0.29) is 4.32 Å². The van der Waals surface area contributed by atoms with E-state index in [1.807, 2.05) is 55.5 Å². The fourth-order valence-electron chi connectivity index (χ4n) is 3.40. The lowest BCUT2D eigenvalue weighted by molar-refractivity contribution is -0.145. The monoisotopic (exact) mass is 475 g/mol. The Morgan fingerprint density at radius 1 is 1.06 bits per heavy atom. The van der Waals surface area contributed by atoms with Gasteiger partial charge >= 0.3 is 5.97 Å². The summed E-state index contributed by atoms with van der Waals surface area (Å²) in [5.74, 6) is -0.829. The van der Waals surface area contributed by atoms with Crippen LogP contribution in [0.15, 0.2) is 83.8 Å². The van der Waals surface area contributed by atoms with Crippen molar-refractivity contribution < 1.29 is 19.4 Å². The molecule has 1 saturated heterocycles. The predicted octanol–water partition coefficient (Wildman–Crippen LogP) is 5.60. The first-order valence-electron chi connectivity index (χ1n) is 10.3. The third-order valence-corrected chi connectivity index (χ3v) is 6.47. The molecule has 0 radical (unpaired) electrons. The van der Waals surface area contributed by atoms with Crippen LogP contribution in [0.5, 0.6) is 5.75 Å². The average Bonchev–Trinajstić information content (AvgIpc) is 3.08. The number of benzene rings is 3. The highest BCUT2D eigenvalue weighted by Crippen LogP contribution is 2.38. The number of carbonyl (C=O) groups is 2. The highest BCUT2D eigenvalue weighted by Gasteiger charge is 2.41. The largest absolute Gasteiger partial charge is 0.489 e. The van der Waals surface area contributed by atoms with E-state index in [4.69, 9.17) is 17.0 Å². The standard InChI is InChI=1S/C26H21NO4S2/c1-17-7-9-19(10-8-17)16-31-21-13-11-18(12-14-21)15-22-24(28)27(26(32)33-22)23(25(29)30)20-5-3-2-4-6-20/h2-15,23H,16H2,1H3,(H,29,30). The van der Waals surface area contributed by atoms with Gasteiger partial charge in [0, 0.05) is 0 Å². The average molecular weight is 476 g/mol. The van der Waals surface area contributed by atoms with Gasteiger partial charge in [-0.1, -0.05) is 96.3 Å². The van der Waals surface area contributed by atoms with Crippen LogP contribution in [0.2, 0.25) is 0 Å². The molecule has 0 aliphatic carbocycles. The number of amides is 1. The predicted molar refractivity (Wildman–Crippen MR) is 134 cm³/mol. The van der Waals surface area contributed by atoms with Crippen molar-refractivity contribution in [3.63, 3.8) is 0 Å². The van der Waals surface area contributed by atoms with Crippen LogP contribution in [0.3, 0.4) is 0 Å². The molecule has 166 valence electrons. The molecule has 1 unspecified atom stereocenters. The molecular weight excluding hydrogens is 454 g/mol. The zero-order valence-corrected chi connectivity index (χ0v) is 19.4. The van der Waals surface area contributed by atoms with Gasteiger partial charge in [0.1, 0.15) is 16.7 Å². The third-order valence-electron chi connectivity index (χ3n) is 5.13. The SMILES string of the molecule is Cc1ccc(COc2ccc(C=C3SC(=S)N(C(C(=O)O)c4ccccc4)C3=O)cc2)cc1. The number of carboxylic acid groups (broad SMARTS) is 1. The van der Waals surface area contributed by atoms with Crippen LogP contribution in [0.1, 0.15) is 28.3 Å². The summed E-state index contributed by atoms with van der Waals surface area (Å²) < 4.78 is 6.05. The van der Waals surface area contributed by atoms with E-state index in [0.717, 1.165) is 28.6 Å². The van der Waals surface area contributed by atoms with Crippen molar-refractivity contribution >= 4 is 46.3 Å². The molecule has 0 saturated carbocycles. The van der Waals surface area contributed by atoms with E-state index >= 15 is 0 Å². The van der Waals surface area contributed by atoms with E-state index in [2.05, 4.69) is 0 Å². The zero-order chi connectivity index (χ0) is 23.4. The van der Waals surface area contributed by atoms with Crippen molar-refractivity contribution in [1.29, 1.82) is 0 Å². The number of ether oxygens (including phenoxy) is 1. The Morgan fingerprint density at radius 2 is 1.73 bits per heavy atom. The number of carboxylic acids is 1. The second-order valence-corrected chi connectivity index (χ2v) is 9.22. The van der Waals surface area contributed by atoms with Crippen molar-refractivity contribution in [1.82, 2.24) is 4.90 Å². The highest BCUT2D eigenvalue weighted by molar-refractivity contribution is 8.26. The summed E-state index contributed by atoms with van der Waals surface area (Å²) in [7, 11) is 0. The van der Waals surface area contributed by atoms with Crippen LogP contribution < -0.4 is 4.74 Å². The van der Waals surface area contributed by atoms with Crippen molar-refractivity contribution in [2.24, 2.45) is 0 Å². The normalized spacial score (nSPS) is 15.7. The Balaban J connectivity index is 1.47. The molecule has 7 heteroatoms. The molecule has 1 amide bonds. The Bertz CT molecular complexity index is 1210. The first kappa shape index (κ1) is 22.8. The maximum Gasteiger partial charge on any atom is 0.331 e. The summed E-state index contributed by atoms with van der Waals surface area (Å²) in [6.07, 6.45) is 1.72. The molecule has 3 aromatic carbocycles. The second-order valence-electron chi connectivity index (χ2n) is 7.55. The van der Waals surface area contributed by atoms with Crippen LogP contribution >= 0.6 is 24.0 Å². The van der Waals surface area contributed by atoms with Gasteiger partial charge in [-0.2, -0.15) is 0 Å². The molecule has 4 rings (SSSR count). The molecule has 1 aliphatic rings. The number of hydrogen-bond donors (Lipinski definition) is 1. The molecule has 1 fully saturated rings. The van der Waals surface area contributed by atoms with Crippen LogP contribution in [0, 0.1) is 6.92 Å². The summed E-state index contributed by atoms with van der Waals surface area (Å²) >= 11 is 6.46. The summed E-state index contributed by atoms with van der Waals surface area (Å²) in [5, 5.41) is 9.78. The molecule has 1 atom stereocenters. The quantitative estimate of drug-likeness (QED) is 0.354. The molecule has 1 heterocycles. The fraction of sp³-hybridized carbons (Fsp3) is 0.115. The van der Waals surface area contributed by atoms with E-state index in [1.165, 1.54) is 10.5 Å². The number of rotatable bonds is 7. The smallest absolute Gasteiger partial charge is 0.331 e. The van der Waals surface area contributed by atoms with Gasteiger partial charge in [0.15, 0.2) is 6.04 Å². The van der Waals surface area contributed by atoms with Gasteiger partial charge < -0.3 is 9.84 Å². The number of thioether (sulfide) groups is 1. The Labute approximate surface area is 201 Å². The summed E-state index contributed by atoms with van der Waals surface area (Å²) in [6.45, 7) is 2.51. The third kappa shape index (κ3) is 5.32. The molecule has 1 aliphatic heterocycles. The van der Waals surface area contributed by atoms with Gasteiger partial charge in [-0.05, 0) is 41.8 Å². The Kier molecular flexibility index (Phi) is 6.91. The fourth-order valence-corrected chi connectivity index (χ4v) is 4.72. The minimum absolute atomic E-state index is 0.223. The Morgan fingerprint density at radius 3 is 2.36 bits per heavy atom. The van der Waals surface area contributed by atoms with E-state index in [0.29, 0.717) is 17.1 Å². The van der Waals surface area contributed by atoms with Gasteiger partial charge in [-0.3, -0.25) is 9.69 Å². The summed E-state index contributed by atoms with van der Waals surface area (Å²) in [5.41, 5.74) is 3.58. The zero-order valence-electron chi connectivity index (χ0n) is 17.8. The first-order valence-corrected chi connectivity index (χ1v) is 11.5. The lowest BCUT2D eigenvalue weighted by Crippen LogP contribution is -2.37. The number of thiocarbonyl (C=S) groups is 1. The van der Waals surface area contributed by atoms with Crippen LogP contribution in [-0.4, -0.2) is 26.2 Å². The first-order chi connectivity index (χ1) is 15.9. The summed E-state index contributed by atoms with van der Waals surface area (Å²) in [6, 6.07) is 23.0. The van der Waals surface area contributed by atoms with Crippen LogP contribution in [-0.2, 0) is 16.2 Å². The van der Waals surface area contributed by atoms with E-state index in [9.17, 15) is 14.7 Å². The van der Waals surface area contributed by atoms with Gasteiger partial charge in [0.2, 0.25) is 0 Å². The highest BCUT2D eigenvalue weighted by atomic mass is 32.2. The molecule has 0 bridgehead atoms. The lowest BCUT2D eigenvalue weighted by Gasteiger charge is -2.23. The maximum atomic E-state index is 13.1. The van der Waals surface area contributed by atoms with Gasteiger partial charge in [-0.15, -0.1) is 0 Å². The molecular formula is C26H21NO4S2. The van der Waals surface area contributed by atoms with Crippen molar-refractivity contribution in [2.45, 2.75) is 19.6 Å². The minimum atomic E-state index is -1.16. The van der Waals surface area contributed by atoms with Crippen LogP contribution in [0.4, 0.5) is 0 Å². The van der Waals surface area contributed by atoms with E-state index in [1.54, 1.807) is 36.4 Å². The molecule has 3 aromatic rings.